The van der Waals surface area contributed by atoms with Gasteiger partial charge < -0.3 is 29.9 Å². The lowest BCUT2D eigenvalue weighted by molar-refractivity contribution is -0.200. The molecule has 37 heavy (non-hydrogen) atoms. The van der Waals surface area contributed by atoms with Crippen LogP contribution in [0.3, 0.4) is 0 Å². The summed E-state index contributed by atoms with van der Waals surface area (Å²) in [6, 6.07) is 15.2. The SMILES string of the molecule is N#Cc1ccccc1COC1C[C@](OCc2ccccc2F)(C(=O)NCCN2CCCC2)C[C@@H](O)[C@H]1O. The number of carbonyl (C=O) groups is 1. The number of rotatable bonds is 10. The summed E-state index contributed by atoms with van der Waals surface area (Å²) in [7, 11) is 0. The zero-order chi connectivity index (χ0) is 26.3. The number of carbonyl (C=O) groups excluding carboxylic acids is 1. The molecule has 1 aliphatic carbocycles. The molecule has 1 saturated heterocycles. The van der Waals surface area contributed by atoms with Gasteiger partial charge in [0, 0.05) is 31.5 Å². The molecular weight excluding hydrogens is 477 g/mol. The predicted molar refractivity (Wildman–Crippen MR) is 134 cm³/mol. The maximum atomic E-state index is 14.3. The Balaban J connectivity index is 1.51. The van der Waals surface area contributed by atoms with Crippen LogP contribution in [0.1, 0.15) is 42.4 Å². The van der Waals surface area contributed by atoms with Gasteiger partial charge in [0.25, 0.3) is 5.91 Å². The number of halogens is 1. The maximum Gasteiger partial charge on any atom is 0.252 e. The molecule has 2 aromatic rings. The number of hydrogen-bond donors (Lipinski definition) is 3. The molecule has 198 valence electrons. The highest BCUT2D eigenvalue weighted by Crippen LogP contribution is 2.36. The molecular formula is C28H34FN3O5. The highest BCUT2D eigenvalue weighted by molar-refractivity contribution is 5.85. The number of amides is 1. The summed E-state index contributed by atoms with van der Waals surface area (Å²) in [5, 5.41) is 33.8. The number of benzene rings is 2. The Bertz CT molecular complexity index is 1100. The van der Waals surface area contributed by atoms with Gasteiger partial charge in [0.2, 0.25) is 0 Å². The molecule has 0 bridgehead atoms. The fourth-order valence-electron chi connectivity index (χ4n) is 5.04. The third-order valence-electron chi connectivity index (χ3n) is 7.22. The number of ether oxygens (including phenoxy) is 2. The van der Waals surface area contributed by atoms with Gasteiger partial charge in [0.05, 0.1) is 37.1 Å². The molecule has 0 aromatic heterocycles. The van der Waals surface area contributed by atoms with Gasteiger partial charge in [-0.05, 0) is 43.6 Å². The van der Waals surface area contributed by atoms with Gasteiger partial charge in [-0.1, -0.05) is 36.4 Å². The van der Waals surface area contributed by atoms with Gasteiger partial charge in [0.15, 0.2) is 5.60 Å². The van der Waals surface area contributed by atoms with Crippen molar-refractivity contribution in [2.24, 2.45) is 0 Å². The summed E-state index contributed by atoms with van der Waals surface area (Å²) >= 11 is 0. The van der Waals surface area contributed by atoms with E-state index in [1.54, 1.807) is 42.5 Å². The quantitative estimate of drug-likeness (QED) is 0.448. The van der Waals surface area contributed by atoms with Crippen LogP contribution in [-0.4, -0.2) is 71.1 Å². The first kappa shape index (κ1) is 27.2. The monoisotopic (exact) mass is 511 g/mol. The van der Waals surface area contributed by atoms with E-state index in [1.165, 1.54) is 6.07 Å². The normalized spacial score (nSPS) is 26.1. The highest BCUT2D eigenvalue weighted by Gasteiger charge is 2.51. The first-order valence-electron chi connectivity index (χ1n) is 12.8. The first-order valence-corrected chi connectivity index (χ1v) is 12.8. The summed E-state index contributed by atoms with van der Waals surface area (Å²) in [6.45, 7) is 2.93. The second-order valence-corrected chi connectivity index (χ2v) is 9.76. The van der Waals surface area contributed by atoms with Crippen LogP contribution in [0.15, 0.2) is 48.5 Å². The molecule has 9 heteroatoms. The molecule has 0 spiro atoms. The van der Waals surface area contributed by atoms with Crippen LogP contribution in [0.2, 0.25) is 0 Å². The Hall–Kier alpha value is -2.87. The molecule has 4 atom stereocenters. The number of aliphatic hydroxyl groups excluding tert-OH is 2. The third-order valence-corrected chi connectivity index (χ3v) is 7.22. The molecule has 4 rings (SSSR count). The zero-order valence-corrected chi connectivity index (χ0v) is 20.8. The largest absolute Gasteiger partial charge is 0.390 e. The minimum atomic E-state index is -1.54. The summed E-state index contributed by atoms with van der Waals surface area (Å²) in [4.78, 5) is 15.8. The van der Waals surface area contributed by atoms with Gasteiger partial charge in [0.1, 0.15) is 11.9 Å². The van der Waals surface area contributed by atoms with E-state index >= 15 is 0 Å². The number of nitrogens with one attached hydrogen (secondary N) is 1. The van der Waals surface area contributed by atoms with Crippen molar-refractivity contribution in [3.63, 3.8) is 0 Å². The van der Waals surface area contributed by atoms with Crippen molar-refractivity contribution >= 4 is 5.91 Å². The van der Waals surface area contributed by atoms with E-state index in [9.17, 15) is 24.7 Å². The minimum Gasteiger partial charge on any atom is -0.390 e. The van der Waals surface area contributed by atoms with Crippen LogP contribution in [0, 0.1) is 17.1 Å². The van der Waals surface area contributed by atoms with E-state index in [-0.39, 0.29) is 31.6 Å². The molecule has 1 unspecified atom stereocenters. The van der Waals surface area contributed by atoms with Crippen molar-refractivity contribution in [3.05, 3.63) is 71.0 Å². The summed E-state index contributed by atoms with van der Waals surface area (Å²) in [5.41, 5.74) is -0.182. The molecule has 2 aliphatic rings. The second kappa shape index (κ2) is 12.6. The number of aliphatic hydroxyl groups is 2. The Morgan fingerprint density at radius 2 is 1.78 bits per heavy atom. The van der Waals surface area contributed by atoms with E-state index in [0.29, 0.717) is 24.2 Å². The van der Waals surface area contributed by atoms with Gasteiger partial charge in [-0.2, -0.15) is 5.26 Å². The van der Waals surface area contributed by atoms with E-state index in [2.05, 4.69) is 16.3 Å². The van der Waals surface area contributed by atoms with Crippen LogP contribution < -0.4 is 5.32 Å². The Kier molecular flexibility index (Phi) is 9.24. The van der Waals surface area contributed by atoms with Gasteiger partial charge in [-0.3, -0.25) is 4.79 Å². The summed E-state index contributed by atoms with van der Waals surface area (Å²) in [5.74, 6) is -0.885. The number of nitrogens with zero attached hydrogens (tertiary/aromatic N) is 2. The number of nitriles is 1. The van der Waals surface area contributed by atoms with Crippen LogP contribution in [-0.2, 0) is 27.5 Å². The van der Waals surface area contributed by atoms with Gasteiger partial charge in [-0.15, -0.1) is 0 Å². The minimum absolute atomic E-state index is 0.0121. The van der Waals surface area contributed by atoms with E-state index in [4.69, 9.17) is 9.47 Å². The van der Waals surface area contributed by atoms with Crippen molar-refractivity contribution < 1.29 is 28.9 Å². The summed E-state index contributed by atoms with van der Waals surface area (Å²) in [6.07, 6.45) is -1.41. The number of likely N-dealkylation sites (tertiary alicyclic amines) is 1. The lowest BCUT2D eigenvalue weighted by Crippen LogP contribution is -2.61. The van der Waals surface area contributed by atoms with Crippen molar-refractivity contribution in [2.45, 2.75) is 62.8 Å². The fraction of sp³-hybridized carbons (Fsp3) is 0.500. The average molecular weight is 512 g/mol. The smallest absolute Gasteiger partial charge is 0.252 e. The molecule has 1 aliphatic heterocycles. The predicted octanol–water partition coefficient (Wildman–Crippen LogP) is 2.27. The molecule has 2 aromatic carbocycles. The van der Waals surface area contributed by atoms with Crippen molar-refractivity contribution in [3.8, 4) is 6.07 Å². The fourth-order valence-corrected chi connectivity index (χ4v) is 5.04. The van der Waals surface area contributed by atoms with Crippen molar-refractivity contribution in [2.75, 3.05) is 26.2 Å². The van der Waals surface area contributed by atoms with E-state index < -0.39 is 35.6 Å². The molecule has 1 saturated carbocycles. The van der Waals surface area contributed by atoms with E-state index in [0.717, 1.165) is 25.9 Å². The maximum absolute atomic E-state index is 14.3. The molecule has 3 N–H and O–H groups in total. The molecule has 1 heterocycles. The number of hydrogen-bond acceptors (Lipinski definition) is 7. The Morgan fingerprint density at radius 1 is 1.08 bits per heavy atom. The van der Waals surface area contributed by atoms with Crippen molar-refractivity contribution in [1.29, 1.82) is 5.26 Å². The van der Waals surface area contributed by atoms with Gasteiger partial charge in [-0.25, -0.2) is 4.39 Å². The molecule has 0 radical (unpaired) electrons. The van der Waals surface area contributed by atoms with Crippen LogP contribution in [0.4, 0.5) is 4.39 Å². The Morgan fingerprint density at radius 3 is 2.51 bits per heavy atom. The lowest BCUT2D eigenvalue weighted by atomic mass is 9.78. The average Bonchev–Trinajstić information content (AvgIpc) is 3.43. The third kappa shape index (κ3) is 6.72. The van der Waals surface area contributed by atoms with Crippen LogP contribution in [0.5, 0.6) is 0 Å². The van der Waals surface area contributed by atoms with Crippen LogP contribution >= 0.6 is 0 Å². The van der Waals surface area contributed by atoms with E-state index in [1.807, 2.05) is 0 Å². The summed E-state index contributed by atoms with van der Waals surface area (Å²) < 4.78 is 26.4. The molecule has 1 amide bonds. The van der Waals surface area contributed by atoms with Crippen molar-refractivity contribution in [1.82, 2.24) is 10.2 Å². The van der Waals surface area contributed by atoms with Gasteiger partial charge >= 0.3 is 0 Å². The zero-order valence-electron chi connectivity index (χ0n) is 20.8. The first-order chi connectivity index (χ1) is 17.9. The lowest BCUT2D eigenvalue weighted by Gasteiger charge is -2.44. The second-order valence-electron chi connectivity index (χ2n) is 9.76. The standard InChI is InChI=1S/C28H34FN3O5/c29-23-10-4-3-9-22(23)19-37-28(27(35)31-11-14-32-12-5-6-13-32)15-24(33)26(34)25(16-28)36-18-21-8-2-1-7-20(21)17-30/h1-4,7-10,24-26,33-34H,5-6,11-16,18-19H2,(H,31,35)/t24-,25?,26-,28+/m1/s1. The topological polar surface area (TPSA) is 115 Å². The molecule has 8 nitrogen and oxygen atoms in total. The molecule has 2 fully saturated rings. The Labute approximate surface area is 216 Å². The highest BCUT2D eigenvalue weighted by atomic mass is 19.1. The van der Waals surface area contributed by atoms with Crippen LogP contribution in [0.25, 0.3) is 0 Å².